The second-order valence-electron chi connectivity index (χ2n) is 5.90. The van der Waals surface area contributed by atoms with Crippen molar-refractivity contribution in [1.29, 1.82) is 5.26 Å². The van der Waals surface area contributed by atoms with Crippen LogP contribution < -0.4 is 9.64 Å². The highest BCUT2D eigenvalue weighted by atomic mass is 16.6. The van der Waals surface area contributed by atoms with Crippen LogP contribution in [0, 0.1) is 11.3 Å². The van der Waals surface area contributed by atoms with Crippen LogP contribution in [0.1, 0.15) is 18.1 Å². The van der Waals surface area contributed by atoms with E-state index in [1.807, 2.05) is 30.3 Å². The van der Waals surface area contributed by atoms with Crippen molar-refractivity contribution in [3.05, 3.63) is 59.7 Å². The van der Waals surface area contributed by atoms with Crippen LogP contribution >= 0.6 is 0 Å². The molecule has 1 aliphatic rings. The fourth-order valence-electron chi connectivity index (χ4n) is 2.83. The first-order chi connectivity index (χ1) is 12.6. The minimum atomic E-state index is -0.928. The molecule has 6 nitrogen and oxygen atoms in total. The Hall–Kier alpha value is -3.33. The number of benzene rings is 2. The lowest BCUT2D eigenvalue weighted by Gasteiger charge is -2.18. The number of para-hydroxylation sites is 2. The van der Waals surface area contributed by atoms with Crippen LogP contribution in [0.15, 0.2) is 48.5 Å². The molecule has 6 heteroatoms. The van der Waals surface area contributed by atoms with Gasteiger partial charge in [0, 0.05) is 12.2 Å². The molecule has 1 atom stereocenters. The first-order valence-electron chi connectivity index (χ1n) is 8.31. The molecule has 0 bridgehead atoms. The van der Waals surface area contributed by atoms with Gasteiger partial charge in [0.1, 0.15) is 11.8 Å². The van der Waals surface area contributed by atoms with Crippen LogP contribution in [0.3, 0.4) is 0 Å². The summed E-state index contributed by atoms with van der Waals surface area (Å²) in [6, 6.07) is 16.3. The topological polar surface area (TPSA) is 79.6 Å². The predicted octanol–water partition coefficient (Wildman–Crippen LogP) is 2.46. The van der Waals surface area contributed by atoms with E-state index in [2.05, 4.69) is 0 Å². The van der Waals surface area contributed by atoms with Crippen molar-refractivity contribution in [1.82, 2.24) is 0 Å². The molecule has 132 valence electrons. The van der Waals surface area contributed by atoms with Crippen LogP contribution in [-0.4, -0.2) is 31.1 Å². The quantitative estimate of drug-likeness (QED) is 0.774. The molecule has 0 fully saturated rings. The molecule has 26 heavy (non-hydrogen) atoms. The number of esters is 1. The Morgan fingerprint density at radius 3 is 2.73 bits per heavy atom. The van der Waals surface area contributed by atoms with Gasteiger partial charge in [0.25, 0.3) is 5.91 Å². The lowest BCUT2D eigenvalue weighted by molar-refractivity contribution is -0.154. The molecular weight excluding hydrogens is 332 g/mol. The van der Waals surface area contributed by atoms with Gasteiger partial charge >= 0.3 is 5.97 Å². The third-order valence-electron chi connectivity index (χ3n) is 4.17. The molecule has 0 radical (unpaired) electrons. The summed E-state index contributed by atoms with van der Waals surface area (Å²) in [5, 5.41) is 9.05. The second-order valence-corrected chi connectivity index (χ2v) is 5.90. The smallest absolute Gasteiger partial charge is 0.347 e. The maximum atomic E-state index is 12.4. The number of fused-ring (bicyclic) bond motifs is 1. The Bertz CT molecular complexity index is 872. The van der Waals surface area contributed by atoms with Gasteiger partial charge in [-0.3, -0.25) is 4.79 Å². The molecule has 0 N–H and O–H groups in total. The molecule has 0 aromatic heterocycles. The summed E-state index contributed by atoms with van der Waals surface area (Å²) in [5.41, 5.74) is 2.30. The highest BCUT2D eigenvalue weighted by Gasteiger charge is 2.26. The fourth-order valence-corrected chi connectivity index (χ4v) is 2.83. The molecule has 1 heterocycles. The van der Waals surface area contributed by atoms with Gasteiger partial charge < -0.3 is 14.4 Å². The summed E-state index contributed by atoms with van der Waals surface area (Å²) >= 11 is 0. The normalized spacial score (nSPS) is 13.5. The summed E-state index contributed by atoms with van der Waals surface area (Å²) < 4.78 is 10.6. The molecule has 1 unspecified atom stereocenters. The van der Waals surface area contributed by atoms with E-state index in [0.29, 0.717) is 17.9 Å². The number of carbonyl (C=O) groups excluding carboxylic acids is 2. The van der Waals surface area contributed by atoms with Crippen LogP contribution in [0.5, 0.6) is 5.75 Å². The van der Waals surface area contributed by atoms with Crippen molar-refractivity contribution in [2.24, 2.45) is 0 Å². The zero-order valence-electron chi connectivity index (χ0n) is 14.3. The number of nitriles is 1. The van der Waals surface area contributed by atoms with E-state index in [1.165, 1.54) is 6.92 Å². The van der Waals surface area contributed by atoms with Crippen molar-refractivity contribution in [3.63, 3.8) is 0 Å². The number of anilines is 1. The van der Waals surface area contributed by atoms with E-state index < -0.39 is 12.1 Å². The van der Waals surface area contributed by atoms with Crippen molar-refractivity contribution in [2.45, 2.75) is 19.4 Å². The Kier molecular flexibility index (Phi) is 5.18. The average Bonchev–Trinajstić information content (AvgIpc) is 3.10. The monoisotopic (exact) mass is 350 g/mol. The van der Waals surface area contributed by atoms with Crippen LogP contribution in [0.25, 0.3) is 0 Å². The van der Waals surface area contributed by atoms with E-state index in [0.717, 1.165) is 17.7 Å². The largest absolute Gasteiger partial charge is 0.478 e. The Morgan fingerprint density at radius 2 is 1.92 bits per heavy atom. The SMILES string of the molecule is CC(Oc1ccccc1C#N)C(=O)OCC(=O)N1CCc2ccccc21. The number of ether oxygens (including phenoxy) is 2. The first kappa shape index (κ1) is 17.5. The molecule has 1 amide bonds. The van der Waals surface area contributed by atoms with Gasteiger partial charge in [-0.05, 0) is 37.1 Å². The summed E-state index contributed by atoms with van der Waals surface area (Å²) in [4.78, 5) is 26.1. The summed E-state index contributed by atoms with van der Waals surface area (Å²) in [5.74, 6) is -0.620. The Balaban J connectivity index is 1.55. The summed E-state index contributed by atoms with van der Waals surface area (Å²) in [6.07, 6.45) is -0.136. The molecule has 2 aromatic carbocycles. The van der Waals surface area contributed by atoms with Crippen molar-refractivity contribution >= 4 is 17.6 Å². The van der Waals surface area contributed by atoms with Crippen LogP contribution in [0.2, 0.25) is 0 Å². The molecule has 0 saturated heterocycles. The van der Waals surface area contributed by atoms with E-state index in [-0.39, 0.29) is 12.5 Å². The fraction of sp³-hybridized carbons (Fsp3) is 0.250. The zero-order chi connectivity index (χ0) is 18.5. The van der Waals surface area contributed by atoms with Gasteiger partial charge in [-0.2, -0.15) is 5.26 Å². The lowest BCUT2D eigenvalue weighted by atomic mass is 10.2. The molecule has 2 aromatic rings. The van der Waals surface area contributed by atoms with Gasteiger partial charge in [-0.25, -0.2) is 4.79 Å². The highest BCUT2D eigenvalue weighted by molar-refractivity contribution is 5.97. The number of nitrogens with zero attached hydrogens (tertiary/aromatic N) is 2. The highest BCUT2D eigenvalue weighted by Crippen LogP contribution is 2.27. The van der Waals surface area contributed by atoms with Crippen molar-refractivity contribution < 1.29 is 19.1 Å². The molecule has 0 aliphatic carbocycles. The van der Waals surface area contributed by atoms with Gasteiger partial charge in [0.05, 0.1) is 5.56 Å². The second kappa shape index (κ2) is 7.70. The summed E-state index contributed by atoms with van der Waals surface area (Å²) in [7, 11) is 0. The van der Waals surface area contributed by atoms with E-state index in [1.54, 1.807) is 29.2 Å². The van der Waals surface area contributed by atoms with Gasteiger partial charge in [0.2, 0.25) is 0 Å². The van der Waals surface area contributed by atoms with Gasteiger partial charge in [-0.1, -0.05) is 30.3 Å². The standard InChI is InChI=1S/C20H18N2O4/c1-14(26-18-9-5-3-7-16(18)12-21)20(24)25-13-19(23)22-11-10-15-6-2-4-8-17(15)22/h2-9,14H,10-11,13H2,1H3. The van der Waals surface area contributed by atoms with E-state index in [4.69, 9.17) is 14.7 Å². The Morgan fingerprint density at radius 1 is 1.19 bits per heavy atom. The maximum absolute atomic E-state index is 12.4. The third kappa shape index (κ3) is 3.67. The Labute approximate surface area is 151 Å². The van der Waals surface area contributed by atoms with Gasteiger partial charge in [0.15, 0.2) is 12.7 Å². The van der Waals surface area contributed by atoms with Crippen LogP contribution in [-0.2, 0) is 20.7 Å². The number of rotatable bonds is 5. The maximum Gasteiger partial charge on any atom is 0.347 e. The lowest BCUT2D eigenvalue weighted by Crippen LogP contribution is -2.35. The summed E-state index contributed by atoms with van der Waals surface area (Å²) in [6.45, 7) is 1.75. The number of hydrogen-bond donors (Lipinski definition) is 0. The van der Waals surface area contributed by atoms with Crippen LogP contribution in [0.4, 0.5) is 5.69 Å². The molecule has 3 rings (SSSR count). The van der Waals surface area contributed by atoms with Crippen molar-refractivity contribution in [2.75, 3.05) is 18.1 Å². The number of hydrogen-bond acceptors (Lipinski definition) is 5. The predicted molar refractivity (Wildman–Crippen MR) is 94.7 cm³/mol. The average molecular weight is 350 g/mol. The van der Waals surface area contributed by atoms with E-state index >= 15 is 0 Å². The van der Waals surface area contributed by atoms with Crippen molar-refractivity contribution in [3.8, 4) is 11.8 Å². The first-order valence-corrected chi connectivity index (χ1v) is 8.31. The van der Waals surface area contributed by atoms with E-state index in [9.17, 15) is 9.59 Å². The molecule has 0 spiro atoms. The third-order valence-corrected chi connectivity index (χ3v) is 4.17. The molecular formula is C20H18N2O4. The zero-order valence-corrected chi connectivity index (χ0v) is 14.3. The number of carbonyl (C=O) groups is 2. The molecule has 1 aliphatic heterocycles. The molecule has 0 saturated carbocycles. The minimum absolute atomic E-state index is 0.270. The number of amides is 1. The van der Waals surface area contributed by atoms with Gasteiger partial charge in [-0.15, -0.1) is 0 Å². The minimum Gasteiger partial charge on any atom is -0.478 e.